The second-order valence-corrected chi connectivity index (χ2v) is 8.58. The number of methoxy groups -OCH3 is 1. The number of ether oxygens (including phenoxy) is 1. The molecule has 5 nitrogen and oxygen atoms in total. The number of carbonyl (C=O) groups is 2. The van der Waals surface area contributed by atoms with E-state index in [2.05, 4.69) is 5.32 Å². The van der Waals surface area contributed by atoms with Crippen molar-refractivity contribution in [2.24, 2.45) is 23.2 Å². The van der Waals surface area contributed by atoms with Crippen LogP contribution in [-0.2, 0) is 16.0 Å². The van der Waals surface area contributed by atoms with Gasteiger partial charge in [-0.05, 0) is 67.9 Å². The number of carboxylic acid groups (broad SMARTS) is 1. The first kappa shape index (κ1) is 17.4. The molecule has 1 atom stereocenters. The van der Waals surface area contributed by atoms with Crippen molar-refractivity contribution in [1.29, 1.82) is 0 Å². The van der Waals surface area contributed by atoms with Crippen LogP contribution in [0.2, 0.25) is 0 Å². The number of hydrogen-bond acceptors (Lipinski definition) is 3. The highest BCUT2D eigenvalue weighted by atomic mass is 16.5. The fourth-order valence-corrected chi connectivity index (χ4v) is 5.99. The number of nitrogens with one attached hydrogen (secondary N) is 1. The summed E-state index contributed by atoms with van der Waals surface area (Å²) in [6.07, 6.45) is 6.82. The molecule has 1 amide bonds. The molecule has 4 saturated carbocycles. The summed E-state index contributed by atoms with van der Waals surface area (Å²) in [7, 11) is 1.57. The van der Waals surface area contributed by atoms with Crippen LogP contribution in [-0.4, -0.2) is 30.1 Å². The monoisotopic (exact) mass is 357 g/mol. The molecule has 0 heterocycles. The van der Waals surface area contributed by atoms with Gasteiger partial charge in [-0.3, -0.25) is 4.79 Å². The molecule has 0 aliphatic heterocycles. The van der Waals surface area contributed by atoms with Crippen molar-refractivity contribution in [2.45, 2.75) is 51.0 Å². The van der Waals surface area contributed by atoms with Gasteiger partial charge in [0.1, 0.15) is 11.8 Å². The van der Waals surface area contributed by atoms with Crippen molar-refractivity contribution < 1.29 is 19.4 Å². The zero-order valence-electron chi connectivity index (χ0n) is 15.2. The van der Waals surface area contributed by atoms with Crippen LogP contribution in [0.15, 0.2) is 24.3 Å². The lowest BCUT2D eigenvalue weighted by atomic mass is 9.49. The minimum Gasteiger partial charge on any atom is -0.496 e. The van der Waals surface area contributed by atoms with Crippen molar-refractivity contribution in [2.75, 3.05) is 7.11 Å². The summed E-state index contributed by atoms with van der Waals surface area (Å²) < 4.78 is 5.33. The van der Waals surface area contributed by atoms with Crippen LogP contribution < -0.4 is 10.1 Å². The predicted octanol–water partition coefficient (Wildman–Crippen LogP) is 3.02. The van der Waals surface area contributed by atoms with Gasteiger partial charge in [0.25, 0.3) is 0 Å². The summed E-state index contributed by atoms with van der Waals surface area (Å²) in [6.45, 7) is 0. The highest BCUT2D eigenvalue weighted by Gasteiger charge is 2.54. The first-order valence-corrected chi connectivity index (χ1v) is 9.65. The van der Waals surface area contributed by atoms with E-state index in [1.54, 1.807) is 7.11 Å². The Labute approximate surface area is 154 Å². The largest absolute Gasteiger partial charge is 0.496 e. The molecule has 0 spiro atoms. The number of rotatable bonds is 6. The van der Waals surface area contributed by atoms with Gasteiger partial charge in [0.05, 0.1) is 7.11 Å². The zero-order chi connectivity index (χ0) is 18.3. The third-order valence-electron chi connectivity index (χ3n) is 6.74. The molecule has 0 aromatic heterocycles. The number of carbonyl (C=O) groups excluding carboxylic acids is 1. The Morgan fingerprint density at radius 1 is 1.15 bits per heavy atom. The maximum atomic E-state index is 13.2. The van der Waals surface area contributed by atoms with E-state index in [0.717, 1.165) is 24.8 Å². The topological polar surface area (TPSA) is 75.6 Å². The normalized spacial score (nSPS) is 32.9. The van der Waals surface area contributed by atoms with Gasteiger partial charge in [-0.1, -0.05) is 18.2 Å². The van der Waals surface area contributed by atoms with Gasteiger partial charge in [-0.2, -0.15) is 0 Å². The molecule has 4 aliphatic rings. The third kappa shape index (κ3) is 3.08. The van der Waals surface area contributed by atoms with Gasteiger partial charge in [-0.15, -0.1) is 0 Å². The molecule has 140 valence electrons. The van der Waals surface area contributed by atoms with Crippen molar-refractivity contribution in [1.82, 2.24) is 5.32 Å². The van der Waals surface area contributed by atoms with Gasteiger partial charge in [0.15, 0.2) is 0 Å². The summed E-state index contributed by atoms with van der Waals surface area (Å²) >= 11 is 0. The number of para-hydroxylation sites is 1. The van der Waals surface area contributed by atoms with Crippen molar-refractivity contribution >= 4 is 11.9 Å². The predicted molar refractivity (Wildman–Crippen MR) is 96.9 cm³/mol. The van der Waals surface area contributed by atoms with Crippen LogP contribution in [0.1, 0.15) is 44.1 Å². The Morgan fingerprint density at radius 3 is 2.27 bits per heavy atom. The van der Waals surface area contributed by atoms with Crippen LogP contribution in [0.4, 0.5) is 0 Å². The van der Waals surface area contributed by atoms with E-state index in [4.69, 9.17) is 4.74 Å². The maximum absolute atomic E-state index is 13.2. The Kier molecular flexibility index (Phi) is 4.41. The first-order chi connectivity index (χ1) is 12.5. The molecule has 4 aliphatic carbocycles. The standard InChI is InChI=1S/C21H27NO4/c1-26-18-5-3-2-4-16(18)9-17(19(23)24)22-20(25)21-10-13-6-14(11-21)8-15(7-13)12-21/h2-5,13-15,17H,6-12H2,1H3,(H,22,25)(H,23,24)/t13?,14?,15?,17-,21?/m0/s1. The van der Waals surface area contributed by atoms with E-state index in [-0.39, 0.29) is 17.7 Å². The Bertz CT molecular complexity index is 678. The Balaban J connectivity index is 1.50. The summed E-state index contributed by atoms with van der Waals surface area (Å²) in [6, 6.07) is 6.46. The summed E-state index contributed by atoms with van der Waals surface area (Å²) in [5.41, 5.74) is 0.469. The smallest absolute Gasteiger partial charge is 0.326 e. The van der Waals surface area contributed by atoms with Gasteiger partial charge in [-0.25, -0.2) is 4.79 Å². The highest BCUT2D eigenvalue weighted by molar-refractivity contribution is 5.88. The van der Waals surface area contributed by atoms with Crippen molar-refractivity contribution in [3.05, 3.63) is 29.8 Å². The third-order valence-corrected chi connectivity index (χ3v) is 6.74. The van der Waals surface area contributed by atoms with E-state index >= 15 is 0 Å². The van der Waals surface area contributed by atoms with E-state index in [0.29, 0.717) is 23.5 Å². The van der Waals surface area contributed by atoms with Crippen LogP contribution in [0.5, 0.6) is 5.75 Å². The van der Waals surface area contributed by atoms with Crippen LogP contribution >= 0.6 is 0 Å². The number of aliphatic carboxylic acids is 1. The number of carboxylic acids is 1. The molecule has 1 aromatic rings. The Morgan fingerprint density at radius 2 is 1.73 bits per heavy atom. The van der Waals surface area contributed by atoms with Crippen LogP contribution in [0.25, 0.3) is 0 Å². The lowest BCUT2D eigenvalue weighted by molar-refractivity contribution is -0.151. The lowest BCUT2D eigenvalue weighted by Crippen LogP contribution is -2.56. The molecule has 0 saturated heterocycles. The molecular formula is C21H27NO4. The molecule has 1 aromatic carbocycles. The molecule has 4 bridgehead atoms. The molecule has 2 N–H and O–H groups in total. The number of hydrogen-bond donors (Lipinski definition) is 2. The lowest BCUT2D eigenvalue weighted by Gasteiger charge is -2.55. The zero-order valence-corrected chi connectivity index (χ0v) is 15.2. The SMILES string of the molecule is COc1ccccc1C[C@H](NC(=O)C12CC3CC(CC(C3)C1)C2)C(=O)O. The van der Waals surface area contributed by atoms with Gasteiger partial charge in [0, 0.05) is 11.8 Å². The summed E-state index contributed by atoms with van der Waals surface area (Å²) in [5, 5.41) is 12.6. The van der Waals surface area contributed by atoms with Gasteiger partial charge >= 0.3 is 5.97 Å². The van der Waals surface area contributed by atoms with Gasteiger partial charge in [0.2, 0.25) is 5.91 Å². The molecule has 0 radical (unpaired) electrons. The van der Waals surface area contributed by atoms with E-state index in [1.807, 2.05) is 24.3 Å². The molecule has 5 rings (SSSR count). The molecule has 4 fully saturated rings. The summed E-state index contributed by atoms with van der Waals surface area (Å²) in [4.78, 5) is 25.0. The quantitative estimate of drug-likeness (QED) is 0.821. The van der Waals surface area contributed by atoms with E-state index < -0.39 is 12.0 Å². The second kappa shape index (κ2) is 6.60. The van der Waals surface area contributed by atoms with Crippen molar-refractivity contribution in [3.63, 3.8) is 0 Å². The summed E-state index contributed by atoms with van der Waals surface area (Å²) in [5.74, 6) is 1.59. The highest BCUT2D eigenvalue weighted by Crippen LogP contribution is 2.60. The maximum Gasteiger partial charge on any atom is 0.326 e. The molecule has 5 heteroatoms. The second-order valence-electron chi connectivity index (χ2n) is 8.58. The average Bonchev–Trinajstić information content (AvgIpc) is 2.60. The molecular weight excluding hydrogens is 330 g/mol. The fourth-order valence-electron chi connectivity index (χ4n) is 5.99. The molecule has 26 heavy (non-hydrogen) atoms. The average molecular weight is 357 g/mol. The van der Waals surface area contributed by atoms with Crippen LogP contribution in [0, 0.1) is 23.2 Å². The number of amides is 1. The van der Waals surface area contributed by atoms with E-state index in [1.165, 1.54) is 19.3 Å². The Hall–Kier alpha value is -2.04. The first-order valence-electron chi connectivity index (χ1n) is 9.65. The van der Waals surface area contributed by atoms with Crippen molar-refractivity contribution in [3.8, 4) is 5.75 Å². The molecule has 0 unspecified atom stereocenters. The van der Waals surface area contributed by atoms with Gasteiger partial charge < -0.3 is 15.2 Å². The minimum atomic E-state index is -0.992. The van der Waals surface area contributed by atoms with Crippen LogP contribution in [0.3, 0.4) is 0 Å². The minimum absolute atomic E-state index is 0.0427. The fraction of sp³-hybridized carbons (Fsp3) is 0.619. The van der Waals surface area contributed by atoms with E-state index in [9.17, 15) is 14.7 Å². The number of benzene rings is 1.